The van der Waals surface area contributed by atoms with E-state index in [1.54, 1.807) is 24.3 Å². The first-order valence-corrected chi connectivity index (χ1v) is 11.7. The zero-order chi connectivity index (χ0) is 25.8. The van der Waals surface area contributed by atoms with E-state index in [4.69, 9.17) is 16.3 Å². The highest BCUT2D eigenvalue weighted by Gasteiger charge is 2.34. The van der Waals surface area contributed by atoms with Gasteiger partial charge in [0, 0.05) is 36.0 Å². The summed E-state index contributed by atoms with van der Waals surface area (Å²) in [5.41, 5.74) is 1.55. The molecule has 1 heterocycles. The highest BCUT2D eigenvalue weighted by Crippen LogP contribution is 2.28. The molecule has 2 aromatic carbocycles. The molecule has 2 amide bonds. The molecular formula is C25H24ClFN4O5. The van der Waals surface area contributed by atoms with E-state index in [9.17, 15) is 23.6 Å². The maximum Gasteiger partial charge on any atom is 0.293 e. The van der Waals surface area contributed by atoms with Crippen molar-refractivity contribution >= 4 is 46.6 Å². The number of benzene rings is 2. The van der Waals surface area contributed by atoms with E-state index in [-0.39, 0.29) is 60.3 Å². The van der Waals surface area contributed by atoms with Gasteiger partial charge in [0.2, 0.25) is 11.8 Å². The van der Waals surface area contributed by atoms with Gasteiger partial charge in [0.05, 0.1) is 17.1 Å². The van der Waals surface area contributed by atoms with E-state index < -0.39 is 11.7 Å². The lowest BCUT2D eigenvalue weighted by atomic mass is 10.1. The number of nitrogens with one attached hydrogen (secondary N) is 1. The monoisotopic (exact) mass is 514 g/mol. The zero-order valence-corrected chi connectivity index (χ0v) is 20.3. The van der Waals surface area contributed by atoms with E-state index in [1.165, 1.54) is 28.6 Å². The molecule has 1 aliphatic carbocycles. The molecule has 0 atom stereocenters. The Balaban J connectivity index is 1.50. The third-order valence-electron chi connectivity index (χ3n) is 5.92. The quantitative estimate of drug-likeness (QED) is 0.311. The molecule has 11 heteroatoms. The van der Waals surface area contributed by atoms with Gasteiger partial charge in [-0.1, -0.05) is 35.9 Å². The number of fused-ring (bicyclic) bond motifs is 1. The Kier molecular flexibility index (Phi) is 7.64. The van der Waals surface area contributed by atoms with Crippen molar-refractivity contribution in [1.82, 2.24) is 20.0 Å². The molecule has 1 saturated carbocycles. The predicted molar refractivity (Wildman–Crippen MR) is 129 cm³/mol. The highest BCUT2D eigenvalue weighted by atomic mass is 35.5. The molecule has 0 aliphatic heterocycles. The lowest BCUT2D eigenvalue weighted by Gasteiger charge is -2.22. The lowest BCUT2D eigenvalue weighted by Crippen LogP contribution is -2.43. The van der Waals surface area contributed by atoms with Crippen molar-refractivity contribution in [2.24, 2.45) is 0 Å². The van der Waals surface area contributed by atoms with Gasteiger partial charge >= 0.3 is 0 Å². The normalized spacial score (nSPS) is 12.9. The summed E-state index contributed by atoms with van der Waals surface area (Å²) < 4.78 is 20.4. The second kappa shape index (κ2) is 10.9. The summed E-state index contributed by atoms with van der Waals surface area (Å²) in [6, 6.07) is 9.62. The van der Waals surface area contributed by atoms with Crippen LogP contribution in [0.3, 0.4) is 0 Å². The van der Waals surface area contributed by atoms with Crippen LogP contribution in [0, 0.1) is 5.82 Å². The van der Waals surface area contributed by atoms with Crippen LogP contribution < -0.4 is 5.32 Å². The number of ketones is 1. The molecular weight excluding hydrogens is 491 g/mol. The fraction of sp³-hybridized carbons (Fsp3) is 0.320. The van der Waals surface area contributed by atoms with Gasteiger partial charge in [0.15, 0.2) is 5.78 Å². The van der Waals surface area contributed by atoms with Crippen LogP contribution in [0.5, 0.6) is 0 Å². The van der Waals surface area contributed by atoms with Gasteiger partial charge in [0.1, 0.15) is 24.7 Å². The number of hydrogen-bond acceptors (Lipinski definition) is 6. The van der Waals surface area contributed by atoms with Crippen molar-refractivity contribution in [1.29, 1.82) is 0 Å². The van der Waals surface area contributed by atoms with E-state index >= 15 is 0 Å². The third-order valence-corrected chi connectivity index (χ3v) is 6.21. The summed E-state index contributed by atoms with van der Waals surface area (Å²) in [5.74, 6) is -1.66. The van der Waals surface area contributed by atoms with Crippen molar-refractivity contribution in [2.75, 3.05) is 6.54 Å². The number of aromatic nitrogens is 2. The fourth-order valence-corrected chi connectivity index (χ4v) is 4.22. The first-order chi connectivity index (χ1) is 17.3. The van der Waals surface area contributed by atoms with Gasteiger partial charge in [-0.2, -0.15) is 5.10 Å². The van der Waals surface area contributed by atoms with Gasteiger partial charge in [-0.15, -0.1) is 0 Å². The topological polar surface area (TPSA) is 111 Å². The van der Waals surface area contributed by atoms with Crippen LogP contribution in [0.25, 0.3) is 10.9 Å². The van der Waals surface area contributed by atoms with Crippen LogP contribution in [0.1, 0.15) is 41.4 Å². The number of ether oxygens (including phenoxy) is 1. The fourth-order valence-electron chi connectivity index (χ4n) is 4.03. The molecule has 0 unspecified atom stereocenters. The summed E-state index contributed by atoms with van der Waals surface area (Å²) >= 11 is 5.79. The number of amides is 2. The Hall–Kier alpha value is -3.79. The van der Waals surface area contributed by atoms with Crippen LogP contribution in [0.15, 0.2) is 36.4 Å². The number of rotatable bonds is 11. The second-order valence-electron chi connectivity index (χ2n) is 8.52. The maximum absolute atomic E-state index is 14.1. The predicted octanol–water partition coefficient (Wildman–Crippen LogP) is 3.01. The first kappa shape index (κ1) is 25.3. The average Bonchev–Trinajstić information content (AvgIpc) is 3.63. The van der Waals surface area contributed by atoms with E-state index in [0.717, 1.165) is 12.8 Å². The highest BCUT2D eigenvalue weighted by molar-refractivity contribution is 6.30. The molecule has 3 aromatic rings. The molecule has 9 nitrogen and oxygen atoms in total. The molecule has 188 valence electrons. The number of carbonyl (C=O) groups is 4. The van der Waals surface area contributed by atoms with Gasteiger partial charge in [-0.3, -0.25) is 23.9 Å². The van der Waals surface area contributed by atoms with Crippen molar-refractivity contribution in [2.45, 2.75) is 45.5 Å². The smallest absolute Gasteiger partial charge is 0.293 e. The van der Waals surface area contributed by atoms with E-state index in [2.05, 4.69) is 10.4 Å². The average molecular weight is 515 g/mol. The molecule has 1 aliphatic rings. The SMILES string of the molecule is CC(=O)c1nn(CC(=O)N(CC(=O)NCc2cccc(Cl)c2F)C2CC2)c2cccc(COC=O)c12. The number of halogens is 2. The van der Waals surface area contributed by atoms with Crippen molar-refractivity contribution in [3.8, 4) is 0 Å². The van der Waals surface area contributed by atoms with Crippen LogP contribution in [-0.2, 0) is 38.8 Å². The third kappa shape index (κ3) is 5.54. The molecule has 0 radical (unpaired) electrons. The molecule has 4 rings (SSSR count). The Labute approximate surface area is 211 Å². The lowest BCUT2D eigenvalue weighted by molar-refractivity contribution is -0.137. The minimum Gasteiger partial charge on any atom is -0.463 e. The summed E-state index contributed by atoms with van der Waals surface area (Å²) in [4.78, 5) is 50.2. The number of hydrogen-bond donors (Lipinski definition) is 1. The Morgan fingerprint density at radius 3 is 2.64 bits per heavy atom. The molecule has 1 N–H and O–H groups in total. The van der Waals surface area contributed by atoms with Crippen molar-refractivity contribution in [3.63, 3.8) is 0 Å². The van der Waals surface area contributed by atoms with Gasteiger partial charge in [0.25, 0.3) is 6.47 Å². The summed E-state index contributed by atoms with van der Waals surface area (Å²) in [7, 11) is 0. The maximum atomic E-state index is 14.1. The Morgan fingerprint density at radius 2 is 1.94 bits per heavy atom. The minimum absolute atomic E-state index is 0.0335. The minimum atomic E-state index is -0.598. The molecule has 0 spiro atoms. The van der Waals surface area contributed by atoms with Crippen LogP contribution in [0.4, 0.5) is 4.39 Å². The molecule has 36 heavy (non-hydrogen) atoms. The molecule has 1 fully saturated rings. The number of nitrogens with zero attached hydrogens (tertiary/aromatic N) is 3. The van der Waals surface area contributed by atoms with Crippen molar-refractivity contribution in [3.05, 3.63) is 64.1 Å². The molecule has 1 aromatic heterocycles. The van der Waals surface area contributed by atoms with Crippen molar-refractivity contribution < 1.29 is 28.3 Å². The standard InChI is InChI=1S/C25H24ClFN4O5/c1-15(33)25-23-17(13-36-14-32)5-3-7-20(23)31(29-25)12-22(35)30(18-8-9-18)11-21(34)28-10-16-4-2-6-19(26)24(16)27/h2-7,14,18H,8-13H2,1H3,(H,28,34). The van der Waals surface area contributed by atoms with Gasteiger partial charge in [-0.05, 0) is 25.0 Å². The van der Waals surface area contributed by atoms with E-state index in [1.807, 2.05) is 0 Å². The Bertz CT molecular complexity index is 1340. The number of carbonyl (C=O) groups excluding carboxylic acids is 4. The molecule has 0 bridgehead atoms. The van der Waals surface area contributed by atoms with Crippen LogP contribution >= 0.6 is 11.6 Å². The Morgan fingerprint density at radius 1 is 1.22 bits per heavy atom. The summed E-state index contributed by atoms with van der Waals surface area (Å²) in [6.07, 6.45) is 1.54. The summed E-state index contributed by atoms with van der Waals surface area (Å²) in [5, 5.41) is 7.47. The van der Waals surface area contributed by atoms with Crippen LogP contribution in [-0.4, -0.2) is 51.3 Å². The van der Waals surface area contributed by atoms with Crippen LogP contribution in [0.2, 0.25) is 5.02 Å². The molecule has 0 saturated heterocycles. The second-order valence-corrected chi connectivity index (χ2v) is 8.93. The van der Waals surface area contributed by atoms with Gasteiger partial charge < -0.3 is 15.0 Å². The summed E-state index contributed by atoms with van der Waals surface area (Å²) in [6.45, 7) is 1.21. The zero-order valence-electron chi connectivity index (χ0n) is 19.5. The van der Waals surface area contributed by atoms with E-state index in [0.29, 0.717) is 22.9 Å². The number of Topliss-reactive ketones (excluding diaryl/α,β-unsaturated/α-hetero) is 1. The first-order valence-electron chi connectivity index (χ1n) is 11.3. The largest absolute Gasteiger partial charge is 0.463 e. The van der Waals surface area contributed by atoms with Gasteiger partial charge in [-0.25, -0.2) is 4.39 Å².